The van der Waals surface area contributed by atoms with Gasteiger partial charge in [0.1, 0.15) is 29.3 Å². The Morgan fingerprint density at radius 1 is 1.28 bits per heavy atom. The summed E-state index contributed by atoms with van der Waals surface area (Å²) in [6.07, 6.45) is 4.13. The van der Waals surface area contributed by atoms with Gasteiger partial charge in [-0.05, 0) is 37.6 Å². The van der Waals surface area contributed by atoms with Crippen molar-refractivity contribution in [1.29, 1.82) is 0 Å². The van der Waals surface area contributed by atoms with Crippen molar-refractivity contribution >= 4 is 46.1 Å². The molecule has 2 N–H and O–H groups in total. The number of pyridine rings is 3. The summed E-state index contributed by atoms with van der Waals surface area (Å²) < 4.78 is 10.8. The monoisotopic (exact) mass is 507 g/mol. The lowest BCUT2D eigenvalue weighted by Crippen LogP contribution is -2.52. The number of nitrogens with zero attached hydrogens (tertiary/aromatic N) is 6. The van der Waals surface area contributed by atoms with Gasteiger partial charge < -0.3 is 20.1 Å². The molecular formula is C23H21N7O5S. The fourth-order valence-electron chi connectivity index (χ4n) is 3.98. The second kappa shape index (κ2) is 9.34. The highest BCUT2D eigenvalue weighted by molar-refractivity contribution is 7.08. The minimum Gasteiger partial charge on any atom is -0.492 e. The third kappa shape index (κ3) is 4.24. The molecule has 0 atom stereocenters. The molecule has 184 valence electrons. The van der Waals surface area contributed by atoms with E-state index in [4.69, 9.17) is 4.74 Å². The third-order valence-corrected chi connectivity index (χ3v) is 6.47. The highest BCUT2D eigenvalue weighted by atomic mass is 32.1. The SMILES string of the molecule is CCOc1ccc(NC(=O)C2CN(c3cc(C)c4c(=O)c(C(=O)O)cn(-c5ncns5)c4n3)C2)nc1. The number of fused-ring (bicyclic) bond motifs is 1. The van der Waals surface area contributed by atoms with Crippen molar-refractivity contribution in [3.05, 3.63) is 58.3 Å². The number of amides is 1. The molecule has 0 radical (unpaired) electrons. The molecule has 5 heterocycles. The van der Waals surface area contributed by atoms with E-state index in [1.54, 1.807) is 31.3 Å². The first kappa shape index (κ1) is 23.4. The van der Waals surface area contributed by atoms with E-state index in [2.05, 4.69) is 24.6 Å². The van der Waals surface area contributed by atoms with Crippen LogP contribution in [0.5, 0.6) is 5.75 Å². The van der Waals surface area contributed by atoms with Crippen LogP contribution in [0.3, 0.4) is 0 Å². The topological polar surface area (TPSA) is 152 Å². The molecule has 36 heavy (non-hydrogen) atoms. The van der Waals surface area contributed by atoms with E-state index in [0.29, 0.717) is 47.8 Å². The van der Waals surface area contributed by atoms with E-state index >= 15 is 0 Å². The molecule has 4 aromatic heterocycles. The van der Waals surface area contributed by atoms with E-state index in [-0.39, 0.29) is 28.4 Å². The minimum atomic E-state index is -1.33. The Morgan fingerprint density at radius 2 is 2.08 bits per heavy atom. The number of aromatic carboxylic acids is 1. The molecule has 0 aromatic carbocycles. The number of rotatable bonds is 7. The standard InChI is InChI=1S/C23H21N7O5S/c1-3-35-14-4-5-16(24-7-14)27-21(32)13-8-29(9-13)17-6-12(2)18-19(31)15(22(33)34)10-30(20(18)28-17)23-25-11-26-36-23/h4-7,10-11,13H,3,8-9H2,1-2H3,(H,33,34)(H,24,27,32). The fourth-order valence-corrected chi connectivity index (χ4v) is 4.49. The smallest absolute Gasteiger partial charge is 0.341 e. The van der Waals surface area contributed by atoms with Gasteiger partial charge in [-0.15, -0.1) is 0 Å². The van der Waals surface area contributed by atoms with Crippen molar-refractivity contribution in [3.63, 3.8) is 0 Å². The average molecular weight is 508 g/mol. The summed E-state index contributed by atoms with van der Waals surface area (Å²) in [6, 6.07) is 5.15. The van der Waals surface area contributed by atoms with Gasteiger partial charge in [-0.25, -0.2) is 19.7 Å². The quantitative estimate of drug-likeness (QED) is 0.380. The summed E-state index contributed by atoms with van der Waals surface area (Å²) in [5, 5.41) is 12.9. The van der Waals surface area contributed by atoms with Gasteiger partial charge in [0.05, 0.1) is 24.1 Å². The second-order valence-electron chi connectivity index (χ2n) is 8.17. The Kier molecular flexibility index (Phi) is 6.06. The van der Waals surface area contributed by atoms with Crippen molar-refractivity contribution in [1.82, 2.24) is 23.9 Å². The van der Waals surface area contributed by atoms with Crippen LogP contribution in [0.1, 0.15) is 22.8 Å². The van der Waals surface area contributed by atoms with E-state index in [9.17, 15) is 19.5 Å². The number of carboxylic acid groups (broad SMARTS) is 1. The molecule has 5 rings (SSSR count). The Bertz CT molecular complexity index is 1510. The van der Waals surface area contributed by atoms with Gasteiger partial charge in [0.15, 0.2) is 5.65 Å². The summed E-state index contributed by atoms with van der Waals surface area (Å²) in [6.45, 7) is 5.00. The van der Waals surface area contributed by atoms with Crippen LogP contribution < -0.4 is 20.4 Å². The fraction of sp³-hybridized carbons (Fsp3) is 0.261. The predicted octanol–water partition coefficient (Wildman–Crippen LogP) is 2.11. The molecule has 4 aromatic rings. The lowest BCUT2D eigenvalue weighted by atomic mass is 9.98. The molecule has 0 aliphatic carbocycles. The van der Waals surface area contributed by atoms with Crippen molar-refractivity contribution in [3.8, 4) is 10.9 Å². The first-order valence-electron chi connectivity index (χ1n) is 11.1. The molecule has 0 bridgehead atoms. The third-order valence-electron chi connectivity index (χ3n) is 5.80. The van der Waals surface area contributed by atoms with Crippen molar-refractivity contribution in [2.45, 2.75) is 13.8 Å². The van der Waals surface area contributed by atoms with Crippen LogP contribution in [0.2, 0.25) is 0 Å². The number of carbonyl (C=O) groups excluding carboxylic acids is 1. The maximum absolute atomic E-state index is 12.9. The normalized spacial score (nSPS) is 13.4. The Labute approximate surface area is 208 Å². The molecule has 1 aliphatic rings. The number of nitrogens with one attached hydrogen (secondary N) is 1. The van der Waals surface area contributed by atoms with Crippen molar-refractivity contribution in [2.24, 2.45) is 5.92 Å². The van der Waals surface area contributed by atoms with Crippen LogP contribution in [0.4, 0.5) is 11.6 Å². The molecule has 0 spiro atoms. The van der Waals surface area contributed by atoms with E-state index in [1.807, 2.05) is 11.8 Å². The predicted molar refractivity (Wildman–Crippen MR) is 132 cm³/mol. The van der Waals surface area contributed by atoms with Gasteiger partial charge in [-0.3, -0.25) is 14.2 Å². The van der Waals surface area contributed by atoms with E-state index in [1.165, 1.54) is 17.1 Å². The van der Waals surface area contributed by atoms with Gasteiger partial charge in [0.2, 0.25) is 16.5 Å². The van der Waals surface area contributed by atoms with Gasteiger partial charge >= 0.3 is 5.97 Å². The Morgan fingerprint density at radius 3 is 2.72 bits per heavy atom. The molecule has 1 aliphatic heterocycles. The molecule has 0 unspecified atom stereocenters. The van der Waals surface area contributed by atoms with Gasteiger partial charge in [0, 0.05) is 30.8 Å². The number of hydrogen-bond acceptors (Lipinski definition) is 10. The number of carbonyl (C=O) groups is 2. The van der Waals surface area contributed by atoms with Gasteiger partial charge in [-0.2, -0.15) is 4.37 Å². The number of aromatic nitrogens is 5. The zero-order chi connectivity index (χ0) is 25.4. The highest BCUT2D eigenvalue weighted by Gasteiger charge is 2.34. The summed E-state index contributed by atoms with van der Waals surface area (Å²) in [7, 11) is 0. The largest absolute Gasteiger partial charge is 0.492 e. The molecule has 1 fully saturated rings. The van der Waals surface area contributed by atoms with Gasteiger partial charge in [0.25, 0.3) is 0 Å². The lowest BCUT2D eigenvalue weighted by molar-refractivity contribution is -0.120. The van der Waals surface area contributed by atoms with Crippen LogP contribution in [-0.4, -0.2) is 60.6 Å². The molecule has 13 heteroatoms. The highest BCUT2D eigenvalue weighted by Crippen LogP contribution is 2.28. The summed E-state index contributed by atoms with van der Waals surface area (Å²) >= 11 is 1.05. The zero-order valence-corrected chi connectivity index (χ0v) is 20.2. The summed E-state index contributed by atoms with van der Waals surface area (Å²) in [4.78, 5) is 52.2. The zero-order valence-electron chi connectivity index (χ0n) is 19.3. The average Bonchev–Trinajstić information content (AvgIpc) is 3.34. The summed E-state index contributed by atoms with van der Waals surface area (Å²) in [5.74, 6) is -0.109. The number of hydrogen-bond donors (Lipinski definition) is 2. The molecule has 12 nitrogen and oxygen atoms in total. The van der Waals surface area contributed by atoms with Crippen LogP contribution in [0.25, 0.3) is 16.2 Å². The molecule has 0 saturated carbocycles. The maximum Gasteiger partial charge on any atom is 0.341 e. The molecular weight excluding hydrogens is 486 g/mol. The van der Waals surface area contributed by atoms with Crippen molar-refractivity contribution in [2.75, 3.05) is 29.9 Å². The van der Waals surface area contributed by atoms with Crippen LogP contribution in [-0.2, 0) is 4.79 Å². The number of carboxylic acids is 1. The number of aryl methyl sites for hydroxylation is 1. The lowest BCUT2D eigenvalue weighted by Gasteiger charge is -2.39. The maximum atomic E-state index is 12.9. The first-order chi connectivity index (χ1) is 17.4. The minimum absolute atomic E-state index is 0.155. The molecule has 1 saturated heterocycles. The van der Waals surface area contributed by atoms with Gasteiger partial charge in [-0.1, -0.05) is 0 Å². The number of anilines is 2. The second-order valence-corrected chi connectivity index (χ2v) is 8.93. The van der Waals surface area contributed by atoms with Crippen LogP contribution in [0, 0.1) is 12.8 Å². The van der Waals surface area contributed by atoms with Crippen LogP contribution >= 0.6 is 11.5 Å². The Hall–Kier alpha value is -4.39. The molecule has 1 amide bonds. The van der Waals surface area contributed by atoms with E-state index < -0.39 is 11.4 Å². The first-order valence-corrected chi connectivity index (χ1v) is 11.8. The van der Waals surface area contributed by atoms with Crippen molar-refractivity contribution < 1.29 is 19.4 Å². The van der Waals surface area contributed by atoms with Crippen LogP contribution in [0.15, 0.2) is 41.7 Å². The summed E-state index contributed by atoms with van der Waals surface area (Å²) in [5.41, 5.74) is -0.131. The number of ether oxygens (including phenoxy) is 1. The Balaban J connectivity index is 1.39. The van der Waals surface area contributed by atoms with E-state index in [0.717, 1.165) is 11.5 Å².